The summed E-state index contributed by atoms with van der Waals surface area (Å²) in [7, 11) is 0.348. The molecule has 0 aliphatic carbocycles. The van der Waals surface area contributed by atoms with Gasteiger partial charge in [-0.05, 0) is 24.3 Å². The standard InChI is InChI=1S/C12H18N2O3S/c1-13-11-6-4-10(5-7-11)12(15)14(2)8-9-18(3,16)17/h4-7,13H,8-9H2,1-3H3. The SMILES string of the molecule is CNc1ccc(C(=O)N(C)CCS(C)(=O)=O)cc1. The van der Waals surface area contributed by atoms with E-state index in [9.17, 15) is 13.2 Å². The number of carbonyl (C=O) groups excluding carboxylic acids is 1. The molecule has 1 amide bonds. The van der Waals surface area contributed by atoms with Crippen molar-refractivity contribution in [3.05, 3.63) is 29.8 Å². The predicted octanol–water partition coefficient (Wildman–Crippen LogP) is 0.845. The van der Waals surface area contributed by atoms with Crippen molar-refractivity contribution in [1.82, 2.24) is 4.90 Å². The molecule has 5 nitrogen and oxygen atoms in total. The van der Waals surface area contributed by atoms with Crippen LogP contribution >= 0.6 is 0 Å². The lowest BCUT2D eigenvalue weighted by atomic mass is 10.2. The average molecular weight is 270 g/mol. The third kappa shape index (κ3) is 4.37. The molecule has 100 valence electrons. The molecule has 1 aromatic rings. The molecule has 0 radical (unpaired) electrons. The molecule has 1 N–H and O–H groups in total. The lowest BCUT2D eigenvalue weighted by Crippen LogP contribution is -2.31. The molecule has 1 aromatic carbocycles. The molecular weight excluding hydrogens is 252 g/mol. The molecule has 0 atom stereocenters. The van der Waals surface area contributed by atoms with Crippen molar-refractivity contribution >= 4 is 21.4 Å². The molecule has 0 fully saturated rings. The van der Waals surface area contributed by atoms with Gasteiger partial charge in [0.25, 0.3) is 5.91 Å². The van der Waals surface area contributed by atoms with E-state index >= 15 is 0 Å². The van der Waals surface area contributed by atoms with Crippen molar-refractivity contribution in [2.45, 2.75) is 0 Å². The Morgan fingerprint density at radius 1 is 1.28 bits per heavy atom. The number of sulfone groups is 1. The topological polar surface area (TPSA) is 66.5 Å². The van der Waals surface area contributed by atoms with Gasteiger partial charge in [-0.1, -0.05) is 0 Å². The molecule has 0 saturated heterocycles. The van der Waals surface area contributed by atoms with Gasteiger partial charge in [0, 0.05) is 38.1 Å². The third-order valence-electron chi connectivity index (χ3n) is 2.56. The van der Waals surface area contributed by atoms with Gasteiger partial charge in [-0.15, -0.1) is 0 Å². The quantitative estimate of drug-likeness (QED) is 0.861. The van der Waals surface area contributed by atoms with E-state index in [2.05, 4.69) is 5.32 Å². The second kappa shape index (κ2) is 5.86. The minimum atomic E-state index is -3.05. The Hall–Kier alpha value is -1.56. The van der Waals surface area contributed by atoms with Crippen LogP contribution in [0.5, 0.6) is 0 Å². The van der Waals surface area contributed by atoms with Crippen LogP contribution in [0.25, 0.3) is 0 Å². The van der Waals surface area contributed by atoms with E-state index in [-0.39, 0.29) is 18.2 Å². The molecule has 1 rings (SSSR count). The van der Waals surface area contributed by atoms with Gasteiger partial charge >= 0.3 is 0 Å². The van der Waals surface area contributed by atoms with Gasteiger partial charge in [0.2, 0.25) is 0 Å². The predicted molar refractivity (Wildman–Crippen MR) is 72.7 cm³/mol. The first-order valence-corrected chi connectivity index (χ1v) is 7.60. The Morgan fingerprint density at radius 3 is 2.28 bits per heavy atom. The van der Waals surface area contributed by atoms with Crippen LogP contribution < -0.4 is 5.32 Å². The Kier molecular flexibility index (Phi) is 4.72. The molecule has 0 spiro atoms. The zero-order chi connectivity index (χ0) is 13.8. The highest BCUT2D eigenvalue weighted by Gasteiger charge is 2.13. The van der Waals surface area contributed by atoms with Gasteiger partial charge in [-0.2, -0.15) is 0 Å². The van der Waals surface area contributed by atoms with Gasteiger partial charge in [-0.25, -0.2) is 8.42 Å². The van der Waals surface area contributed by atoms with Crippen LogP contribution in [0, 0.1) is 0 Å². The van der Waals surface area contributed by atoms with Crippen molar-refractivity contribution in [3.63, 3.8) is 0 Å². The molecule has 0 unspecified atom stereocenters. The number of rotatable bonds is 5. The fourth-order valence-electron chi connectivity index (χ4n) is 1.40. The summed E-state index contributed by atoms with van der Waals surface area (Å²) in [6.07, 6.45) is 1.16. The second-order valence-electron chi connectivity index (χ2n) is 4.18. The Morgan fingerprint density at radius 2 is 1.83 bits per heavy atom. The van der Waals surface area contributed by atoms with E-state index in [1.807, 2.05) is 0 Å². The van der Waals surface area contributed by atoms with Crippen molar-refractivity contribution < 1.29 is 13.2 Å². The minimum Gasteiger partial charge on any atom is -0.388 e. The molecule has 0 aromatic heterocycles. The largest absolute Gasteiger partial charge is 0.388 e. The van der Waals surface area contributed by atoms with Crippen LogP contribution in [-0.2, 0) is 9.84 Å². The normalized spacial score (nSPS) is 11.1. The summed E-state index contributed by atoms with van der Waals surface area (Å²) < 4.78 is 22.1. The van der Waals surface area contributed by atoms with Crippen LogP contribution in [-0.4, -0.2) is 51.9 Å². The fourth-order valence-corrected chi connectivity index (χ4v) is 2.01. The summed E-state index contributed by atoms with van der Waals surface area (Å²) in [4.78, 5) is 13.4. The first-order valence-electron chi connectivity index (χ1n) is 5.54. The third-order valence-corrected chi connectivity index (χ3v) is 3.49. The summed E-state index contributed by atoms with van der Waals surface area (Å²) >= 11 is 0. The summed E-state index contributed by atoms with van der Waals surface area (Å²) in [5.74, 6) is -0.203. The molecule has 0 saturated carbocycles. The maximum Gasteiger partial charge on any atom is 0.253 e. The maximum absolute atomic E-state index is 12.0. The van der Waals surface area contributed by atoms with Crippen molar-refractivity contribution in [1.29, 1.82) is 0 Å². The molecular formula is C12H18N2O3S. The van der Waals surface area contributed by atoms with Gasteiger partial charge in [0.15, 0.2) is 0 Å². The molecule has 0 aliphatic heterocycles. The Labute approximate surface area is 108 Å². The van der Waals surface area contributed by atoms with Crippen molar-refractivity contribution in [2.24, 2.45) is 0 Å². The maximum atomic E-state index is 12.0. The van der Waals surface area contributed by atoms with Crippen LogP contribution in [0.4, 0.5) is 5.69 Å². The number of hydrogen-bond acceptors (Lipinski definition) is 4. The summed E-state index contributed by atoms with van der Waals surface area (Å²) in [5, 5.41) is 2.96. The number of nitrogens with one attached hydrogen (secondary N) is 1. The number of nitrogens with zero attached hydrogens (tertiary/aromatic N) is 1. The first kappa shape index (κ1) is 14.5. The van der Waals surface area contributed by atoms with Gasteiger partial charge in [0.1, 0.15) is 9.84 Å². The number of benzene rings is 1. The number of amides is 1. The van der Waals surface area contributed by atoms with Gasteiger partial charge < -0.3 is 10.2 Å². The number of anilines is 1. The lowest BCUT2D eigenvalue weighted by Gasteiger charge is -2.16. The van der Waals surface area contributed by atoms with E-state index in [1.165, 1.54) is 4.90 Å². The highest BCUT2D eigenvalue weighted by molar-refractivity contribution is 7.90. The monoisotopic (exact) mass is 270 g/mol. The minimum absolute atomic E-state index is 0.0240. The van der Waals surface area contributed by atoms with E-state index < -0.39 is 9.84 Å². The van der Waals surface area contributed by atoms with Gasteiger partial charge in [0.05, 0.1) is 5.75 Å². The lowest BCUT2D eigenvalue weighted by molar-refractivity contribution is 0.0803. The average Bonchev–Trinajstić information content (AvgIpc) is 2.34. The van der Waals surface area contributed by atoms with Crippen molar-refractivity contribution in [2.75, 3.05) is 38.0 Å². The van der Waals surface area contributed by atoms with Crippen LogP contribution in [0.2, 0.25) is 0 Å². The first-order chi connectivity index (χ1) is 8.33. The van der Waals surface area contributed by atoms with Crippen LogP contribution in [0.15, 0.2) is 24.3 Å². The van der Waals surface area contributed by atoms with E-state index in [0.29, 0.717) is 5.56 Å². The number of carbonyl (C=O) groups is 1. The smallest absolute Gasteiger partial charge is 0.253 e. The summed E-state index contributed by atoms with van der Waals surface area (Å²) in [6.45, 7) is 0.200. The second-order valence-corrected chi connectivity index (χ2v) is 6.44. The zero-order valence-electron chi connectivity index (χ0n) is 10.8. The molecule has 18 heavy (non-hydrogen) atoms. The molecule has 6 heteroatoms. The van der Waals surface area contributed by atoms with Crippen molar-refractivity contribution in [3.8, 4) is 0 Å². The molecule has 0 heterocycles. The Bertz CT molecular complexity index is 509. The number of hydrogen-bond donors (Lipinski definition) is 1. The van der Waals surface area contributed by atoms with Crippen LogP contribution in [0.1, 0.15) is 10.4 Å². The highest BCUT2D eigenvalue weighted by atomic mass is 32.2. The van der Waals surface area contributed by atoms with E-state index in [4.69, 9.17) is 0 Å². The fraction of sp³-hybridized carbons (Fsp3) is 0.417. The molecule has 0 bridgehead atoms. The van der Waals surface area contributed by atoms with E-state index in [1.54, 1.807) is 38.4 Å². The highest BCUT2D eigenvalue weighted by Crippen LogP contribution is 2.10. The zero-order valence-corrected chi connectivity index (χ0v) is 11.6. The summed E-state index contributed by atoms with van der Waals surface area (Å²) in [5.41, 5.74) is 1.47. The Balaban J connectivity index is 2.68. The van der Waals surface area contributed by atoms with Crippen LogP contribution in [0.3, 0.4) is 0 Å². The van der Waals surface area contributed by atoms with E-state index in [0.717, 1.165) is 11.9 Å². The molecule has 0 aliphatic rings. The summed E-state index contributed by atoms with van der Waals surface area (Å²) in [6, 6.07) is 7.03. The van der Waals surface area contributed by atoms with Gasteiger partial charge in [-0.3, -0.25) is 4.79 Å².